The Hall–Kier alpha value is -3.56. The van der Waals surface area contributed by atoms with Crippen molar-refractivity contribution in [1.29, 1.82) is 0 Å². The first-order valence-electron chi connectivity index (χ1n) is 14.0. The second kappa shape index (κ2) is 12.8. The molecule has 2 atom stereocenters. The molecule has 9 heteroatoms. The third-order valence-corrected chi connectivity index (χ3v) is 9.33. The number of pyridine rings is 1. The van der Waals surface area contributed by atoms with Crippen LogP contribution in [0, 0.1) is 6.92 Å². The number of aliphatic hydroxyl groups is 1. The summed E-state index contributed by atoms with van der Waals surface area (Å²) >= 11 is 6.02. The van der Waals surface area contributed by atoms with Crippen LogP contribution in [-0.2, 0) is 40.6 Å². The third-order valence-electron chi connectivity index (χ3n) is 7.62. The zero-order valence-corrected chi connectivity index (χ0v) is 25.2. The summed E-state index contributed by atoms with van der Waals surface area (Å²) in [5.74, 6) is -0.0973. The summed E-state index contributed by atoms with van der Waals surface area (Å²) in [6, 6.07) is 24.5. The fraction of sp³-hybridized carbons (Fsp3) is 0.273. The molecule has 2 N–H and O–H groups in total. The van der Waals surface area contributed by atoms with E-state index in [1.807, 2.05) is 62.4 Å². The van der Waals surface area contributed by atoms with Crippen molar-refractivity contribution in [2.45, 2.75) is 63.1 Å². The van der Waals surface area contributed by atoms with Gasteiger partial charge in [0.25, 0.3) is 0 Å². The molecule has 1 aliphatic rings. The van der Waals surface area contributed by atoms with Crippen molar-refractivity contribution in [2.75, 3.05) is 4.90 Å². The van der Waals surface area contributed by atoms with Gasteiger partial charge in [0.2, 0.25) is 15.9 Å². The number of aromatic nitrogens is 1. The number of carbonyl (C=O) groups is 1. The van der Waals surface area contributed by atoms with Crippen LogP contribution in [0.25, 0.3) is 0 Å². The van der Waals surface area contributed by atoms with E-state index in [0.717, 1.165) is 34.5 Å². The number of benzene rings is 3. The zero-order valence-electron chi connectivity index (χ0n) is 23.6. The highest BCUT2D eigenvalue weighted by Gasteiger charge is 2.35. The van der Waals surface area contributed by atoms with E-state index in [1.165, 1.54) is 0 Å². The molecule has 0 fully saturated rings. The number of sulfonamides is 1. The second-order valence-electron chi connectivity index (χ2n) is 10.6. The van der Waals surface area contributed by atoms with Crippen LogP contribution in [0.4, 0.5) is 5.69 Å². The topological polar surface area (TPSA) is 99.6 Å². The van der Waals surface area contributed by atoms with Gasteiger partial charge in [-0.15, -0.1) is 0 Å². The Morgan fingerprint density at radius 3 is 2.43 bits per heavy atom. The molecule has 1 amide bonds. The van der Waals surface area contributed by atoms with Crippen LogP contribution >= 0.6 is 11.6 Å². The van der Waals surface area contributed by atoms with Gasteiger partial charge in [-0.3, -0.25) is 9.78 Å². The van der Waals surface area contributed by atoms with Gasteiger partial charge in [-0.25, -0.2) is 13.1 Å². The SMILES string of the molecule is CCc1ccc(S(=O)(=O)NC2c3cc(N(Cc4cccc(C)n4)C(=O)CCc4ccc(Cl)cc4)ccc3CC2O)cc1. The molecule has 1 aromatic heterocycles. The Morgan fingerprint density at radius 1 is 1.02 bits per heavy atom. The summed E-state index contributed by atoms with van der Waals surface area (Å²) in [5.41, 5.74) is 5.73. The maximum atomic E-state index is 13.7. The molecule has 2 unspecified atom stereocenters. The standard InChI is InChI=1S/C33H34ClN3O4S/c1-3-23-9-16-29(17-10-23)42(40,41)36-33-30-20-28(15-12-25(30)19-31(33)38)37(21-27-6-4-5-22(2)35-27)32(39)18-11-24-7-13-26(34)14-8-24/h4-10,12-17,20,31,33,36,38H,3,11,18-19,21H2,1-2H3. The minimum atomic E-state index is -3.90. The third kappa shape index (κ3) is 6.90. The van der Waals surface area contributed by atoms with Crippen molar-refractivity contribution < 1.29 is 18.3 Å². The van der Waals surface area contributed by atoms with Crippen LogP contribution in [0.1, 0.15) is 53.0 Å². The van der Waals surface area contributed by atoms with Gasteiger partial charge in [-0.2, -0.15) is 0 Å². The lowest BCUT2D eigenvalue weighted by atomic mass is 10.1. The number of amides is 1. The summed E-state index contributed by atoms with van der Waals surface area (Å²) < 4.78 is 29.3. The van der Waals surface area contributed by atoms with Crippen LogP contribution in [0.2, 0.25) is 5.02 Å². The number of anilines is 1. The smallest absolute Gasteiger partial charge is 0.241 e. The van der Waals surface area contributed by atoms with Crippen molar-refractivity contribution >= 4 is 33.2 Å². The minimum absolute atomic E-state index is 0.0973. The Kier molecular flexibility index (Phi) is 9.08. The van der Waals surface area contributed by atoms with Crippen LogP contribution in [0.3, 0.4) is 0 Å². The first-order valence-corrected chi connectivity index (χ1v) is 15.9. The predicted molar refractivity (Wildman–Crippen MR) is 165 cm³/mol. The zero-order chi connectivity index (χ0) is 29.9. The fourth-order valence-corrected chi connectivity index (χ4v) is 6.64. The summed E-state index contributed by atoms with van der Waals surface area (Å²) in [4.78, 5) is 20.1. The van der Waals surface area contributed by atoms with Gasteiger partial charge < -0.3 is 10.0 Å². The monoisotopic (exact) mass is 603 g/mol. The van der Waals surface area contributed by atoms with E-state index < -0.39 is 22.2 Å². The quantitative estimate of drug-likeness (QED) is 0.242. The van der Waals surface area contributed by atoms with E-state index in [0.29, 0.717) is 29.1 Å². The molecule has 7 nitrogen and oxygen atoms in total. The minimum Gasteiger partial charge on any atom is -0.391 e. The molecule has 0 spiro atoms. The highest BCUT2D eigenvalue weighted by atomic mass is 35.5. The summed E-state index contributed by atoms with van der Waals surface area (Å²) in [5, 5.41) is 11.5. The number of hydrogen-bond acceptors (Lipinski definition) is 5. The van der Waals surface area contributed by atoms with Crippen molar-refractivity contribution in [3.8, 4) is 0 Å². The van der Waals surface area contributed by atoms with E-state index in [-0.39, 0.29) is 23.8 Å². The average Bonchev–Trinajstić information content (AvgIpc) is 3.28. The molecule has 218 valence electrons. The number of nitrogens with one attached hydrogen (secondary N) is 1. The Labute approximate surface area is 252 Å². The molecule has 1 aliphatic carbocycles. The molecule has 0 bridgehead atoms. The highest BCUT2D eigenvalue weighted by Crippen LogP contribution is 2.36. The van der Waals surface area contributed by atoms with E-state index in [2.05, 4.69) is 9.71 Å². The lowest BCUT2D eigenvalue weighted by molar-refractivity contribution is -0.118. The molecule has 42 heavy (non-hydrogen) atoms. The molecule has 0 saturated carbocycles. The largest absolute Gasteiger partial charge is 0.391 e. The summed E-state index contributed by atoms with van der Waals surface area (Å²) in [6.45, 7) is 4.16. The van der Waals surface area contributed by atoms with Gasteiger partial charge in [0, 0.05) is 29.2 Å². The second-order valence-corrected chi connectivity index (χ2v) is 12.8. The lowest BCUT2D eigenvalue weighted by Crippen LogP contribution is -2.34. The molecular weight excluding hydrogens is 570 g/mol. The van der Waals surface area contributed by atoms with E-state index in [1.54, 1.807) is 41.3 Å². The lowest BCUT2D eigenvalue weighted by Gasteiger charge is -2.25. The average molecular weight is 604 g/mol. The Bertz CT molecular complexity index is 1670. The molecule has 5 rings (SSSR count). The molecule has 0 radical (unpaired) electrons. The maximum Gasteiger partial charge on any atom is 0.241 e. The van der Waals surface area contributed by atoms with Crippen LogP contribution < -0.4 is 9.62 Å². The number of aryl methyl sites for hydroxylation is 3. The van der Waals surface area contributed by atoms with Gasteiger partial charge in [0.15, 0.2) is 0 Å². The van der Waals surface area contributed by atoms with E-state index >= 15 is 0 Å². The van der Waals surface area contributed by atoms with Crippen molar-refractivity contribution in [1.82, 2.24) is 9.71 Å². The van der Waals surface area contributed by atoms with E-state index in [9.17, 15) is 18.3 Å². The van der Waals surface area contributed by atoms with Gasteiger partial charge in [-0.05, 0) is 90.6 Å². The molecule has 0 saturated heterocycles. The molecule has 3 aromatic carbocycles. The molecule has 0 aliphatic heterocycles. The first-order chi connectivity index (χ1) is 20.1. The van der Waals surface area contributed by atoms with E-state index in [4.69, 9.17) is 11.6 Å². The van der Waals surface area contributed by atoms with Gasteiger partial charge >= 0.3 is 0 Å². The van der Waals surface area contributed by atoms with Crippen LogP contribution in [0.5, 0.6) is 0 Å². The Morgan fingerprint density at radius 2 is 1.74 bits per heavy atom. The summed E-state index contributed by atoms with van der Waals surface area (Å²) in [7, 11) is -3.90. The van der Waals surface area contributed by atoms with Gasteiger partial charge in [-0.1, -0.05) is 54.9 Å². The summed E-state index contributed by atoms with van der Waals surface area (Å²) in [6.07, 6.45) is 0.973. The highest BCUT2D eigenvalue weighted by molar-refractivity contribution is 7.89. The number of aliphatic hydroxyl groups excluding tert-OH is 1. The molecule has 1 heterocycles. The number of carbonyl (C=O) groups excluding carboxylic acids is 1. The first kappa shape index (κ1) is 29.9. The number of halogens is 1. The molecular formula is C33H34ClN3O4S. The van der Waals surface area contributed by atoms with Gasteiger partial charge in [0.1, 0.15) is 0 Å². The van der Waals surface area contributed by atoms with Crippen LogP contribution in [0.15, 0.2) is 89.8 Å². The molecule has 4 aromatic rings. The number of rotatable bonds is 10. The normalized spacial score (nSPS) is 16.3. The van der Waals surface area contributed by atoms with Crippen molar-refractivity contribution in [2.24, 2.45) is 0 Å². The number of hydrogen-bond donors (Lipinski definition) is 2. The van der Waals surface area contributed by atoms with Crippen LogP contribution in [-0.4, -0.2) is 30.5 Å². The van der Waals surface area contributed by atoms with Gasteiger partial charge in [0.05, 0.1) is 29.3 Å². The number of fused-ring (bicyclic) bond motifs is 1. The maximum absolute atomic E-state index is 13.7. The Balaban J connectivity index is 1.43. The van der Waals surface area contributed by atoms with Crippen molar-refractivity contribution in [3.63, 3.8) is 0 Å². The predicted octanol–water partition coefficient (Wildman–Crippen LogP) is 5.71. The number of nitrogens with zero attached hydrogens (tertiary/aromatic N) is 2. The van der Waals surface area contributed by atoms with Crippen molar-refractivity contribution in [3.05, 3.63) is 124 Å². The fourth-order valence-electron chi connectivity index (χ4n) is 5.27.